The zero-order valence-electron chi connectivity index (χ0n) is 10.7. The number of halogens is 1. The zero-order chi connectivity index (χ0) is 14.2. The number of carbonyl (C=O) groups excluding carboxylic acids is 2. The first-order valence-electron chi connectivity index (χ1n) is 5.98. The number of nitrogens with one attached hydrogen (secondary N) is 1. The van der Waals surface area contributed by atoms with E-state index >= 15 is 0 Å². The van der Waals surface area contributed by atoms with Gasteiger partial charge in [0.1, 0.15) is 6.04 Å². The highest BCUT2D eigenvalue weighted by Crippen LogP contribution is 2.31. The van der Waals surface area contributed by atoms with Gasteiger partial charge < -0.3 is 10.0 Å². The van der Waals surface area contributed by atoms with E-state index in [1.54, 1.807) is 24.8 Å². The van der Waals surface area contributed by atoms with Crippen LogP contribution in [0.1, 0.15) is 25.5 Å². The van der Waals surface area contributed by atoms with E-state index in [-0.39, 0.29) is 18.4 Å². The fraction of sp³-hybridized carbons (Fsp3) is 0.385. The number of benzene rings is 1. The van der Waals surface area contributed by atoms with E-state index in [9.17, 15) is 14.7 Å². The Bertz CT molecular complexity index is 531. The highest BCUT2D eigenvalue weighted by molar-refractivity contribution is 9.10. The number of imide groups is 1. The summed E-state index contributed by atoms with van der Waals surface area (Å²) in [6.07, 6.45) is -0.671. The van der Waals surface area contributed by atoms with Gasteiger partial charge in [-0.2, -0.15) is 0 Å². The lowest BCUT2D eigenvalue weighted by Crippen LogP contribution is -2.57. The summed E-state index contributed by atoms with van der Waals surface area (Å²) in [6, 6.07) is 4.96. The zero-order valence-corrected chi connectivity index (χ0v) is 12.3. The van der Waals surface area contributed by atoms with Crippen molar-refractivity contribution in [2.24, 2.45) is 0 Å². The second-order valence-corrected chi connectivity index (χ2v) is 5.51. The van der Waals surface area contributed by atoms with Gasteiger partial charge in [-0.05, 0) is 26.0 Å². The first-order chi connectivity index (χ1) is 8.90. The molecular formula is C13H15BrN2O3. The summed E-state index contributed by atoms with van der Waals surface area (Å²) in [4.78, 5) is 24.9. The normalized spacial score (nSPS) is 21.3. The first kappa shape index (κ1) is 14.0. The maximum atomic E-state index is 11.7. The molecule has 1 aliphatic heterocycles. The molecule has 0 saturated carbocycles. The minimum absolute atomic E-state index is 0.100. The Morgan fingerprint density at radius 1 is 1.47 bits per heavy atom. The highest BCUT2D eigenvalue weighted by Gasteiger charge is 2.32. The number of carbonyl (C=O) groups is 2. The summed E-state index contributed by atoms with van der Waals surface area (Å²) < 4.78 is 0.831. The fourth-order valence-electron chi connectivity index (χ4n) is 2.13. The van der Waals surface area contributed by atoms with Crippen LogP contribution < -0.4 is 10.2 Å². The van der Waals surface area contributed by atoms with Crippen molar-refractivity contribution >= 4 is 33.4 Å². The van der Waals surface area contributed by atoms with Crippen molar-refractivity contribution in [2.45, 2.75) is 26.0 Å². The van der Waals surface area contributed by atoms with Crippen LogP contribution in [0.5, 0.6) is 0 Å². The molecule has 5 nitrogen and oxygen atoms in total. The van der Waals surface area contributed by atoms with Gasteiger partial charge >= 0.3 is 0 Å². The van der Waals surface area contributed by atoms with Crippen LogP contribution in [0.4, 0.5) is 5.69 Å². The van der Waals surface area contributed by atoms with E-state index in [1.165, 1.54) is 0 Å². The average Bonchev–Trinajstić information content (AvgIpc) is 2.33. The Kier molecular flexibility index (Phi) is 3.91. The predicted molar refractivity (Wildman–Crippen MR) is 74.7 cm³/mol. The molecule has 2 amide bonds. The molecular weight excluding hydrogens is 312 g/mol. The lowest BCUT2D eigenvalue weighted by Gasteiger charge is -2.35. The van der Waals surface area contributed by atoms with Crippen molar-refractivity contribution in [2.75, 3.05) is 11.4 Å². The largest absolute Gasteiger partial charge is 0.389 e. The maximum absolute atomic E-state index is 11.7. The number of aliphatic hydroxyl groups excluding tert-OH is 1. The number of hydrogen-bond acceptors (Lipinski definition) is 4. The van der Waals surface area contributed by atoms with E-state index in [0.29, 0.717) is 11.3 Å². The lowest BCUT2D eigenvalue weighted by molar-refractivity contribution is -0.132. The van der Waals surface area contributed by atoms with Gasteiger partial charge in [0.05, 0.1) is 12.6 Å². The van der Waals surface area contributed by atoms with Crippen molar-refractivity contribution < 1.29 is 14.7 Å². The Morgan fingerprint density at radius 2 is 2.16 bits per heavy atom. The van der Waals surface area contributed by atoms with Crippen LogP contribution >= 0.6 is 15.9 Å². The number of anilines is 1. The molecule has 2 rings (SSSR count). The number of amides is 2. The summed E-state index contributed by atoms with van der Waals surface area (Å²) in [5.41, 5.74) is 1.39. The van der Waals surface area contributed by atoms with Crippen molar-refractivity contribution in [3.8, 4) is 0 Å². The second kappa shape index (κ2) is 5.30. The molecule has 102 valence electrons. The van der Waals surface area contributed by atoms with E-state index < -0.39 is 12.1 Å². The van der Waals surface area contributed by atoms with Gasteiger partial charge in [-0.3, -0.25) is 14.9 Å². The molecule has 0 radical (unpaired) electrons. The number of hydrogen-bond donors (Lipinski definition) is 2. The van der Waals surface area contributed by atoms with Crippen molar-refractivity contribution in [3.63, 3.8) is 0 Å². The van der Waals surface area contributed by atoms with Crippen LogP contribution in [0.25, 0.3) is 0 Å². The summed E-state index contributed by atoms with van der Waals surface area (Å²) in [7, 11) is 0. The lowest BCUT2D eigenvalue weighted by atomic mass is 10.0. The smallest absolute Gasteiger partial charge is 0.249 e. The van der Waals surface area contributed by atoms with E-state index in [2.05, 4.69) is 21.2 Å². The molecule has 1 aromatic carbocycles. The quantitative estimate of drug-likeness (QED) is 0.805. The summed E-state index contributed by atoms with van der Waals surface area (Å²) in [6.45, 7) is 3.49. The van der Waals surface area contributed by atoms with E-state index in [0.717, 1.165) is 4.47 Å². The third-order valence-corrected chi connectivity index (χ3v) is 3.67. The molecule has 0 spiro atoms. The topological polar surface area (TPSA) is 69.6 Å². The molecule has 19 heavy (non-hydrogen) atoms. The Balaban J connectivity index is 2.47. The molecule has 1 saturated heterocycles. The Morgan fingerprint density at radius 3 is 2.79 bits per heavy atom. The van der Waals surface area contributed by atoms with Gasteiger partial charge in [0, 0.05) is 15.7 Å². The van der Waals surface area contributed by atoms with Crippen molar-refractivity contribution in [1.82, 2.24) is 5.32 Å². The van der Waals surface area contributed by atoms with Crippen molar-refractivity contribution in [3.05, 3.63) is 28.2 Å². The molecule has 1 aliphatic rings. The Labute approximate surface area is 119 Å². The third kappa shape index (κ3) is 2.79. The number of rotatable bonds is 2. The molecule has 2 N–H and O–H groups in total. The van der Waals surface area contributed by atoms with Gasteiger partial charge in [-0.15, -0.1) is 0 Å². The van der Waals surface area contributed by atoms with Crippen molar-refractivity contribution in [1.29, 1.82) is 0 Å². The van der Waals surface area contributed by atoms with Gasteiger partial charge in [0.25, 0.3) is 0 Å². The SMILES string of the molecule is CC(O)c1ccc(Br)cc1N1CC(=O)NC(=O)C1C. The van der Waals surface area contributed by atoms with Crippen LogP contribution in [-0.4, -0.2) is 29.5 Å². The van der Waals surface area contributed by atoms with E-state index in [4.69, 9.17) is 0 Å². The van der Waals surface area contributed by atoms with Crippen LogP contribution in [0, 0.1) is 0 Å². The molecule has 6 heteroatoms. The highest BCUT2D eigenvalue weighted by atomic mass is 79.9. The number of nitrogens with zero attached hydrogens (tertiary/aromatic N) is 1. The molecule has 2 unspecified atom stereocenters. The molecule has 0 aliphatic carbocycles. The van der Waals surface area contributed by atoms with Gasteiger partial charge in [-0.25, -0.2) is 0 Å². The monoisotopic (exact) mass is 326 g/mol. The maximum Gasteiger partial charge on any atom is 0.249 e. The Hall–Kier alpha value is -1.40. The van der Waals surface area contributed by atoms with Crippen LogP contribution in [0.3, 0.4) is 0 Å². The molecule has 0 bridgehead atoms. The number of piperazine rings is 1. The average molecular weight is 327 g/mol. The third-order valence-electron chi connectivity index (χ3n) is 3.18. The molecule has 1 fully saturated rings. The minimum Gasteiger partial charge on any atom is -0.389 e. The second-order valence-electron chi connectivity index (χ2n) is 4.60. The van der Waals surface area contributed by atoms with E-state index in [1.807, 2.05) is 12.1 Å². The summed E-state index contributed by atoms with van der Waals surface area (Å²) >= 11 is 3.37. The van der Waals surface area contributed by atoms with Crippen LogP contribution in [0.2, 0.25) is 0 Å². The standard InChI is InChI=1S/C13H15BrN2O3/c1-7-13(19)15-12(18)6-16(7)11-5-9(14)3-4-10(11)8(2)17/h3-5,7-8,17H,6H2,1-2H3,(H,15,18,19). The summed E-state index contributed by atoms with van der Waals surface area (Å²) in [5, 5.41) is 12.1. The number of aliphatic hydroxyl groups is 1. The molecule has 0 aromatic heterocycles. The molecule has 2 atom stereocenters. The molecule has 1 aromatic rings. The first-order valence-corrected chi connectivity index (χ1v) is 6.77. The molecule has 1 heterocycles. The summed E-state index contributed by atoms with van der Waals surface area (Å²) in [5.74, 6) is -0.660. The van der Waals surface area contributed by atoms with Gasteiger partial charge in [0.2, 0.25) is 11.8 Å². The predicted octanol–water partition coefficient (Wildman–Crippen LogP) is 1.35. The fourth-order valence-corrected chi connectivity index (χ4v) is 2.48. The minimum atomic E-state index is -0.671. The van der Waals surface area contributed by atoms with Gasteiger partial charge in [-0.1, -0.05) is 22.0 Å². The van der Waals surface area contributed by atoms with Crippen LogP contribution in [-0.2, 0) is 9.59 Å². The van der Waals surface area contributed by atoms with Gasteiger partial charge in [0.15, 0.2) is 0 Å². The van der Waals surface area contributed by atoms with Crippen LogP contribution in [0.15, 0.2) is 22.7 Å².